The Bertz CT molecular complexity index is 266. The molecule has 1 amide bonds. The number of carbonyl (C=O) groups excluding carboxylic acids is 1. The quantitative estimate of drug-likeness (QED) is 0.715. The number of amides is 1. The topological polar surface area (TPSA) is 50.8 Å². The highest BCUT2D eigenvalue weighted by atomic mass is 16.5. The van der Waals surface area contributed by atoms with E-state index in [1.165, 1.54) is 0 Å². The van der Waals surface area contributed by atoms with Crippen molar-refractivity contribution in [3.63, 3.8) is 0 Å². The van der Waals surface area contributed by atoms with E-state index in [0.29, 0.717) is 19.7 Å². The van der Waals surface area contributed by atoms with E-state index in [0.717, 1.165) is 13.1 Å². The molecular weight excluding hydrogens is 208 g/mol. The molecule has 2 aliphatic rings. The van der Waals surface area contributed by atoms with Gasteiger partial charge in [-0.1, -0.05) is 0 Å². The highest BCUT2D eigenvalue weighted by molar-refractivity contribution is 5.77. The first kappa shape index (κ1) is 11.8. The van der Waals surface area contributed by atoms with Gasteiger partial charge < -0.3 is 19.7 Å². The maximum atomic E-state index is 11.9. The number of nitrogens with one attached hydrogen (secondary N) is 1. The Labute approximate surface area is 96.1 Å². The van der Waals surface area contributed by atoms with Gasteiger partial charge in [-0.3, -0.25) is 4.79 Å². The van der Waals surface area contributed by atoms with Gasteiger partial charge in [-0.2, -0.15) is 0 Å². The zero-order valence-electron chi connectivity index (χ0n) is 9.99. The Morgan fingerprint density at radius 2 is 2.38 bits per heavy atom. The summed E-state index contributed by atoms with van der Waals surface area (Å²) in [6.07, 6.45) is 0.138. The van der Waals surface area contributed by atoms with Crippen LogP contribution in [0.5, 0.6) is 0 Å². The van der Waals surface area contributed by atoms with Crippen LogP contribution in [0.3, 0.4) is 0 Å². The van der Waals surface area contributed by atoms with Gasteiger partial charge in [0.05, 0.1) is 18.3 Å². The lowest BCUT2D eigenvalue weighted by Crippen LogP contribution is -2.60. The molecule has 1 N–H and O–H groups in total. The highest BCUT2D eigenvalue weighted by Gasteiger charge is 2.33. The van der Waals surface area contributed by atoms with Crippen LogP contribution in [0.2, 0.25) is 0 Å². The Balaban J connectivity index is 1.74. The minimum Gasteiger partial charge on any atom is -0.375 e. The summed E-state index contributed by atoms with van der Waals surface area (Å²) in [6.45, 7) is 7.85. The van der Waals surface area contributed by atoms with Crippen LogP contribution in [0.15, 0.2) is 0 Å². The Morgan fingerprint density at radius 1 is 1.62 bits per heavy atom. The van der Waals surface area contributed by atoms with Crippen LogP contribution < -0.4 is 5.32 Å². The number of hydrogen-bond acceptors (Lipinski definition) is 4. The van der Waals surface area contributed by atoms with Crippen LogP contribution >= 0.6 is 0 Å². The highest BCUT2D eigenvalue weighted by Crippen LogP contribution is 2.15. The average Bonchev–Trinajstić information content (AvgIpc) is 2.23. The van der Waals surface area contributed by atoms with Crippen molar-refractivity contribution in [2.24, 2.45) is 0 Å². The second-order valence-corrected chi connectivity index (χ2v) is 4.86. The van der Waals surface area contributed by atoms with Gasteiger partial charge in [-0.25, -0.2) is 0 Å². The molecule has 2 fully saturated rings. The third-order valence-electron chi connectivity index (χ3n) is 3.14. The minimum absolute atomic E-state index is 0.0725. The molecule has 0 bridgehead atoms. The molecule has 92 valence electrons. The summed E-state index contributed by atoms with van der Waals surface area (Å²) in [5, 5.41) is 3.14. The summed E-state index contributed by atoms with van der Waals surface area (Å²) >= 11 is 0. The fourth-order valence-electron chi connectivity index (χ4n) is 1.95. The van der Waals surface area contributed by atoms with Crippen molar-refractivity contribution in [1.29, 1.82) is 0 Å². The van der Waals surface area contributed by atoms with Gasteiger partial charge >= 0.3 is 0 Å². The molecule has 16 heavy (non-hydrogen) atoms. The number of nitrogens with zero attached hydrogens (tertiary/aromatic N) is 1. The van der Waals surface area contributed by atoms with Crippen LogP contribution in [0, 0.1) is 0 Å². The predicted molar refractivity (Wildman–Crippen MR) is 59.2 cm³/mol. The third-order valence-corrected chi connectivity index (χ3v) is 3.14. The average molecular weight is 228 g/mol. The lowest BCUT2D eigenvalue weighted by molar-refractivity contribution is -0.152. The monoisotopic (exact) mass is 228 g/mol. The first-order valence-electron chi connectivity index (χ1n) is 5.83. The van der Waals surface area contributed by atoms with Crippen molar-refractivity contribution in [3.8, 4) is 0 Å². The summed E-state index contributed by atoms with van der Waals surface area (Å²) in [5.41, 5.74) is -0.145. The van der Waals surface area contributed by atoms with E-state index >= 15 is 0 Å². The third kappa shape index (κ3) is 2.72. The standard InChI is InChI=1S/C11H20N2O3/c1-9-5-13(3-4-15-9)10(14)6-16-11(2)7-12-8-11/h9,12H,3-8H2,1-2H3. The summed E-state index contributed by atoms with van der Waals surface area (Å²) < 4.78 is 11.0. The van der Waals surface area contributed by atoms with Gasteiger partial charge in [0.2, 0.25) is 5.91 Å². The van der Waals surface area contributed by atoms with E-state index in [1.54, 1.807) is 0 Å². The van der Waals surface area contributed by atoms with E-state index in [-0.39, 0.29) is 24.2 Å². The number of hydrogen-bond donors (Lipinski definition) is 1. The van der Waals surface area contributed by atoms with Crippen molar-refractivity contribution in [2.75, 3.05) is 39.4 Å². The van der Waals surface area contributed by atoms with E-state index < -0.39 is 0 Å². The summed E-state index contributed by atoms with van der Waals surface area (Å²) in [5.74, 6) is 0.0725. The van der Waals surface area contributed by atoms with Crippen LogP contribution in [0.25, 0.3) is 0 Å². The molecule has 5 heteroatoms. The van der Waals surface area contributed by atoms with Gasteiger partial charge in [0, 0.05) is 26.2 Å². The lowest BCUT2D eigenvalue weighted by atomic mass is 10.0. The molecule has 0 saturated carbocycles. The molecular formula is C11H20N2O3. The van der Waals surface area contributed by atoms with Crippen molar-refractivity contribution < 1.29 is 14.3 Å². The Kier molecular flexibility index (Phi) is 3.47. The second kappa shape index (κ2) is 4.69. The van der Waals surface area contributed by atoms with Gasteiger partial charge in [0.1, 0.15) is 6.61 Å². The van der Waals surface area contributed by atoms with E-state index in [2.05, 4.69) is 5.32 Å². The molecule has 2 saturated heterocycles. The van der Waals surface area contributed by atoms with Crippen LogP contribution in [0.4, 0.5) is 0 Å². The lowest BCUT2D eigenvalue weighted by Gasteiger charge is -2.39. The van der Waals surface area contributed by atoms with Gasteiger partial charge in [-0.15, -0.1) is 0 Å². The van der Waals surface area contributed by atoms with Crippen LogP contribution in [0.1, 0.15) is 13.8 Å². The first-order valence-corrected chi connectivity index (χ1v) is 5.83. The van der Waals surface area contributed by atoms with E-state index in [1.807, 2.05) is 18.7 Å². The number of morpholine rings is 1. The van der Waals surface area contributed by atoms with Crippen LogP contribution in [-0.2, 0) is 14.3 Å². The molecule has 0 radical (unpaired) electrons. The molecule has 0 spiro atoms. The number of rotatable bonds is 3. The smallest absolute Gasteiger partial charge is 0.248 e. The molecule has 2 heterocycles. The summed E-state index contributed by atoms with van der Waals surface area (Å²) in [7, 11) is 0. The van der Waals surface area contributed by atoms with E-state index in [4.69, 9.17) is 9.47 Å². The molecule has 0 aromatic heterocycles. The molecule has 2 aliphatic heterocycles. The molecule has 5 nitrogen and oxygen atoms in total. The van der Waals surface area contributed by atoms with Crippen molar-refractivity contribution in [2.45, 2.75) is 25.6 Å². The fraction of sp³-hybridized carbons (Fsp3) is 0.909. The normalized spacial score (nSPS) is 28.6. The number of ether oxygens (including phenoxy) is 2. The molecule has 0 aromatic rings. The van der Waals surface area contributed by atoms with Gasteiger partial charge in [0.15, 0.2) is 0 Å². The summed E-state index contributed by atoms with van der Waals surface area (Å²) in [6, 6.07) is 0. The SMILES string of the molecule is CC1CN(C(=O)COC2(C)CNC2)CCO1. The molecule has 1 unspecified atom stereocenters. The van der Waals surface area contributed by atoms with Crippen molar-refractivity contribution >= 4 is 5.91 Å². The zero-order valence-corrected chi connectivity index (χ0v) is 9.99. The van der Waals surface area contributed by atoms with Crippen molar-refractivity contribution in [3.05, 3.63) is 0 Å². The maximum Gasteiger partial charge on any atom is 0.248 e. The van der Waals surface area contributed by atoms with Crippen LogP contribution in [-0.4, -0.2) is 61.9 Å². The zero-order chi connectivity index (χ0) is 11.6. The predicted octanol–water partition coefficient (Wildman–Crippen LogP) is -0.388. The number of carbonyl (C=O) groups is 1. The molecule has 2 rings (SSSR count). The first-order chi connectivity index (χ1) is 7.59. The van der Waals surface area contributed by atoms with Gasteiger partial charge in [-0.05, 0) is 13.8 Å². The van der Waals surface area contributed by atoms with Gasteiger partial charge in [0.25, 0.3) is 0 Å². The minimum atomic E-state index is -0.145. The van der Waals surface area contributed by atoms with Crippen molar-refractivity contribution in [1.82, 2.24) is 10.2 Å². The molecule has 0 aliphatic carbocycles. The second-order valence-electron chi connectivity index (χ2n) is 4.86. The Hall–Kier alpha value is -0.650. The van der Waals surface area contributed by atoms with E-state index in [9.17, 15) is 4.79 Å². The largest absolute Gasteiger partial charge is 0.375 e. The Morgan fingerprint density at radius 3 is 2.94 bits per heavy atom. The fourth-order valence-corrected chi connectivity index (χ4v) is 1.95. The molecule has 1 atom stereocenters. The maximum absolute atomic E-state index is 11.9. The summed E-state index contributed by atoms with van der Waals surface area (Å²) in [4.78, 5) is 13.7. The molecule has 0 aromatic carbocycles.